The van der Waals surface area contributed by atoms with Crippen molar-refractivity contribution in [3.63, 3.8) is 0 Å². The zero-order chi connectivity index (χ0) is 47.6. The van der Waals surface area contributed by atoms with Gasteiger partial charge in [0.05, 0.1) is 25.4 Å². The van der Waals surface area contributed by atoms with Gasteiger partial charge in [0.15, 0.2) is 6.29 Å². The van der Waals surface area contributed by atoms with Crippen molar-refractivity contribution in [3.05, 3.63) is 12.2 Å². The van der Waals surface area contributed by atoms with Crippen molar-refractivity contribution in [3.8, 4) is 0 Å². The van der Waals surface area contributed by atoms with E-state index in [0.29, 0.717) is 6.42 Å². The molecule has 0 saturated carbocycles. The number of nitrogens with one attached hydrogen (secondary N) is 1. The third-order valence-corrected chi connectivity index (χ3v) is 13.5. The quantitative estimate of drug-likeness (QED) is 0.0193. The molecule has 1 saturated heterocycles. The van der Waals surface area contributed by atoms with Crippen LogP contribution in [0.2, 0.25) is 0 Å². The van der Waals surface area contributed by atoms with E-state index in [1.807, 2.05) is 6.08 Å². The maximum Gasteiger partial charge on any atom is 0.397 e. The van der Waals surface area contributed by atoms with Crippen molar-refractivity contribution in [2.45, 2.75) is 301 Å². The fourth-order valence-electron chi connectivity index (χ4n) is 8.87. The first-order chi connectivity index (χ1) is 31.5. The molecule has 386 valence electrons. The standard InChI is InChI=1S/C52H101NO11S/c1-3-5-7-9-11-13-15-16-17-18-19-20-21-22-23-24-25-26-27-28-29-30-31-32-34-36-38-40-42-48(56)53-45(46(55)41-39-37-35-33-14-12-10-8-6-4-2)44-62-52-50(58)51(64-65(59,60)61)49(57)47(43-54)63-52/h39,41,45-47,49-52,54-55,57-58H,3-38,40,42-44H2,1-2H3,(H,53,56)(H,59,60,61)/b41-39+. The van der Waals surface area contributed by atoms with Crippen LogP contribution < -0.4 is 5.32 Å². The van der Waals surface area contributed by atoms with Gasteiger partial charge >= 0.3 is 10.4 Å². The van der Waals surface area contributed by atoms with Gasteiger partial charge in [-0.15, -0.1) is 0 Å². The van der Waals surface area contributed by atoms with Gasteiger partial charge in [-0.3, -0.25) is 9.35 Å². The lowest BCUT2D eigenvalue weighted by molar-refractivity contribution is -0.298. The maximum atomic E-state index is 13.1. The lowest BCUT2D eigenvalue weighted by Crippen LogP contribution is -2.61. The van der Waals surface area contributed by atoms with E-state index < -0.39 is 59.9 Å². The molecule has 7 atom stereocenters. The third-order valence-electron chi connectivity index (χ3n) is 13.1. The monoisotopic (exact) mass is 948 g/mol. The van der Waals surface area contributed by atoms with E-state index in [1.165, 1.54) is 193 Å². The summed E-state index contributed by atoms with van der Waals surface area (Å²) in [5, 5.41) is 44.7. The summed E-state index contributed by atoms with van der Waals surface area (Å²) in [5.41, 5.74) is 0. The van der Waals surface area contributed by atoms with Gasteiger partial charge in [-0.25, -0.2) is 4.18 Å². The topological polar surface area (TPSA) is 192 Å². The molecule has 0 radical (unpaired) electrons. The Hall–Kier alpha value is -1.16. The summed E-state index contributed by atoms with van der Waals surface area (Å²) in [4.78, 5) is 13.1. The summed E-state index contributed by atoms with van der Waals surface area (Å²) >= 11 is 0. The number of ether oxygens (including phenoxy) is 2. The van der Waals surface area contributed by atoms with E-state index in [4.69, 9.17) is 9.47 Å². The molecule has 7 unspecified atom stereocenters. The molecule has 1 amide bonds. The van der Waals surface area contributed by atoms with Gasteiger partial charge in [0.2, 0.25) is 5.91 Å². The summed E-state index contributed by atoms with van der Waals surface area (Å²) < 4.78 is 47.6. The van der Waals surface area contributed by atoms with Gasteiger partial charge in [0, 0.05) is 6.42 Å². The second-order valence-corrected chi connectivity index (χ2v) is 20.2. The molecule has 0 aromatic heterocycles. The lowest BCUT2D eigenvalue weighted by atomic mass is 9.99. The third kappa shape index (κ3) is 35.6. The molecule has 1 fully saturated rings. The molecule has 1 aliphatic rings. The number of carbonyl (C=O) groups excluding carboxylic acids is 1. The average molecular weight is 948 g/mol. The van der Waals surface area contributed by atoms with Gasteiger partial charge < -0.3 is 35.2 Å². The van der Waals surface area contributed by atoms with Crippen LogP contribution in [0.1, 0.15) is 258 Å². The van der Waals surface area contributed by atoms with E-state index in [-0.39, 0.29) is 18.9 Å². The van der Waals surface area contributed by atoms with E-state index >= 15 is 0 Å². The molecule has 12 nitrogen and oxygen atoms in total. The van der Waals surface area contributed by atoms with Gasteiger partial charge in [-0.05, 0) is 19.3 Å². The second-order valence-electron chi connectivity index (χ2n) is 19.2. The number of aliphatic hydroxyl groups is 4. The second kappa shape index (κ2) is 42.9. The van der Waals surface area contributed by atoms with Crippen LogP contribution in [-0.2, 0) is 28.9 Å². The molecule has 13 heteroatoms. The average Bonchev–Trinajstić information content (AvgIpc) is 3.28. The zero-order valence-corrected chi connectivity index (χ0v) is 42.4. The fraction of sp³-hybridized carbons (Fsp3) is 0.942. The predicted octanol–water partition coefficient (Wildman–Crippen LogP) is 11.9. The smallest absolute Gasteiger partial charge is 0.394 e. The van der Waals surface area contributed by atoms with Crippen LogP contribution in [0, 0.1) is 0 Å². The van der Waals surface area contributed by atoms with Crippen molar-refractivity contribution in [1.29, 1.82) is 0 Å². The first-order valence-corrected chi connectivity index (χ1v) is 28.4. The van der Waals surface area contributed by atoms with Gasteiger partial charge in [0.1, 0.15) is 24.4 Å². The van der Waals surface area contributed by atoms with E-state index in [2.05, 4.69) is 23.3 Å². The number of amides is 1. The summed E-state index contributed by atoms with van der Waals surface area (Å²) in [6.45, 7) is 3.39. The van der Waals surface area contributed by atoms with Crippen molar-refractivity contribution in [2.75, 3.05) is 13.2 Å². The van der Waals surface area contributed by atoms with Crippen molar-refractivity contribution >= 4 is 16.3 Å². The molecule has 0 bridgehead atoms. The molecular formula is C52H101NO11S. The van der Waals surface area contributed by atoms with E-state index in [1.54, 1.807) is 6.08 Å². The Kier molecular flexibility index (Phi) is 40.8. The Morgan fingerprint density at radius 1 is 0.600 bits per heavy atom. The van der Waals surface area contributed by atoms with Crippen molar-refractivity contribution in [1.82, 2.24) is 5.32 Å². The largest absolute Gasteiger partial charge is 0.397 e. The van der Waals surface area contributed by atoms with Crippen LogP contribution in [0.5, 0.6) is 0 Å². The molecular weight excluding hydrogens is 847 g/mol. The summed E-state index contributed by atoms with van der Waals surface area (Å²) in [6.07, 6.45) is 41.4. The first kappa shape index (κ1) is 61.9. The van der Waals surface area contributed by atoms with Crippen LogP contribution >= 0.6 is 0 Å². The molecule has 0 aromatic rings. The number of hydrogen-bond acceptors (Lipinski definition) is 10. The highest BCUT2D eigenvalue weighted by molar-refractivity contribution is 7.80. The van der Waals surface area contributed by atoms with Gasteiger partial charge in [-0.1, -0.05) is 244 Å². The lowest BCUT2D eigenvalue weighted by Gasteiger charge is -2.41. The summed E-state index contributed by atoms with van der Waals surface area (Å²) in [6, 6.07) is -0.938. The number of allylic oxidation sites excluding steroid dienone is 1. The number of carbonyl (C=O) groups is 1. The van der Waals surface area contributed by atoms with Crippen LogP contribution in [0.25, 0.3) is 0 Å². The SMILES string of the molecule is CCCCCCCCCC/C=C/C(O)C(COC1OC(CO)C(O)C(OS(=O)(=O)O)C1O)NC(=O)CCCCCCCCCCCCCCCCCCCCCCCCCCCCCC. The Morgan fingerprint density at radius 3 is 1.34 bits per heavy atom. The number of rotatable bonds is 47. The summed E-state index contributed by atoms with van der Waals surface area (Å²) in [5.74, 6) is -0.259. The Labute approximate surface area is 398 Å². The molecule has 1 aliphatic heterocycles. The van der Waals surface area contributed by atoms with Crippen molar-refractivity contribution < 1.29 is 51.8 Å². The Bertz CT molecular complexity index is 1210. The minimum absolute atomic E-state index is 0.259. The van der Waals surface area contributed by atoms with Gasteiger partial charge in [-0.2, -0.15) is 8.42 Å². The van der Waals surface area contributed by atoms with E-state index in [9.17, 15) is 38.2 Å². The van der Waals surface area contributed by atoms with E-state index in [0.717, 1.165) is 38.5 Å². The van der Waals surface area contributed by atoms with Crippen LogP contribution in [0.15, 0.2) is 12.2 Å². The molecule has 1 rings (SSSR count). The first-order valence-electron chi connectivity index (χ1n) is 27.1. The Balaban J connectivity index is 2.25. The zero-order valence-electron chi connectivity index (χ0n) is 41.6. The highest BCUT2D eigenvalue weighted by Gasteiger charge is 2.48. The molecule has 65 heavy (non-hydrogen) atoms. The molecule has 1 heterocycles. The highest BCUT2D eigenvalue weighted by Crippen LogP contribution is 2.26. The fourth-order valence-corrected chi connectivity index (χ4v) is 9.38. The number of unbranched alkanes of at least 4 members (excludes halogenated alkanes) is 35. The van der Waals surface area contributed by atoms with Crippen molar-refractivity contribution in [2.24, 2.45) is 0 Å². The van der Waals surface area contributed by atoms with Crippen LogP contribution in [-0.4, -0.2) is 95.4 Å². The molecule has 0 aromatic carbocycles. The van der Waals surface area contributed by atoms with Crippen LogP contribution in [0.4, 0.5) is 0 Å². The minimum Gasteiger partial charge on any atom is -0.394 e. The summed E-state index contributed by atoms with van der Waals surface area (Å²) in [7, 11) is -5.08. The maximum absolute atomic E-state index is 13.1. The minimum atomic E-state index is -5.08. The van der Waals surface area contributed by atoms with Crippen LogP contribution in [0.3, 0.4) is 0 Å². The van der Waals surface area contributed by atoms with Gasteiger partial charge in [0.25, 0.3) is 0 Å². The number of hydrogen-bond donors (Lipinski definition) is 6. The highest BCUT2D eigenvalue weighted by atomic mass is 32.3. The molecule has 0 aliphatic carbocycles. The molecule has 6 N–H and O–H groups in total. The number of aliphatic hydroxyl groups excluding tert-OH is 4. The molecule has 0 spiro atoms. The Morgan fingerprint density at radius 2 is 0.969 bits per heavy atom. The normalized spacial score (nSPS) is 20.1. The predicted molar refractivity (Wildman–Crippen MR) is 264 cm³/mol.